The van der Waals surface area contributed by atoms with Crippen molar-refractivity contribution in [3.05, 3.63) is 46.7 Å². The van der Waals surface area contributed by atoms with Gasteiger partial charge < -0.3 is 15.5 Å². The molecule has 0 aromatic heterocycles. The number of likely N-dealkylation sites (tertiary alicyclic amines) is 2. The van der Waals surface area contributed by atoms with Crippen LogP contribution in [0.4, 0.5) is 0 Å². The van der Waals surface area contributed by atoms with Crippen LogP contribution in [0, 0.1) is 13.8 Å². The number of hydrazone groups is 1. The fourth-order valence-electron chi connectivity index (χ4n) is 5.43. The Hall–Kier alpha value is -2.67. The number of amidine groups is 1. The van der Waals surface area contributed by atoms with Gasteiger partial charge in [-0.15, -0.1) is 0 Å². The molecule has 7 heteroatoms. The molecule has 0 spiro atoms. The molecule has 5 rings (SSSR count). The third kappa shape index (κ3) is 3.72. The molecule has 0 saturated carbocycles. The van der Waals surface area contributed by atoms with Crippen molar-refractivity contribution in [2.75, 3.05) is 19.6 Å². The summed E-state index contributed by atoms with van der Waals surface area (Å²) in [5, 5.41) is 6.96. The zero-order valence-electron chi connectivity index (χ0n) is 19.4. The van der Waals surface area contributed by atoms with E-state index in [1.165, 1.54) is 0 Å². The topological polar surface area (TPSA) is 77.5 Å². The van der Waals surface area contributed by atoms with E-state index in [9.17, 15) is 4.79 Å². The minimum Gasteiger partial charge on any atom is -0.355 e. The number of nitrogens with zero attached hydrogens (tertiary/aromatic N) is 5. The van der Waals surface area contributed by atoms with Crippen molar-refractivity contribution in [3.8, 4) is 0 Å². The lowest BCUT2D eigenvalue weighted by Crippen LogP contribution is -2.48. The second-order valence-corrected chi connectivity index (χ2v) is 9.67. The number of carbonyl (C=O) groups excluding carboxylic acids is 1. The predicted octanol–water partition coefficient (Wildman–Crippen LogP) is 3.03. The molecule has 1 amide bonds. The summed E-state index contributed by atoms with van der Waals surface area (Å²) in [5.41, 5.74) is 11.4. The van der Waals surface area contributed by atoms with Gasteiger partial charge in [0.15, 0.2) is 0 Å². The minimum absolute atomic E-state index is 0.0138. The summed E-state index contributed by atoms with van der Waals surface area (Å²) in [7, 11) is 0. The first-order valence-electron chi connectivity index (χ1n) is 11.9. The second-order valence-electron chi connectivity index (χ2n) is 9.67. The van der Waals surface area contributed by atoms with E-state index in [2.05, 4.69) is 35.9 Å². The molecule has 3 atom stereocenters. The molecule has 0 radical (unpaired) electrons. The van der Waals surface area contributed by atoms with E-state index >= 15 is 0 Å². The van der Waals surface area contributed by atoms with Crippen molar-refractivity contribution in [2.24, 2.45) is 15.8 Å². The van der Waals surface area contributed by atoms with E-state index in [1.54, 1.807) is 0 Å². The molecule has 4 heterocycles. The molecule has 2 fully saturated rings. The zero-order chi connectivity index (χ0) is 22.4. The Balaban J connectivity index is 1.37. The first-order valence-corrected chi connectivity index (χ1v) is 11.9. The highest BCUT2D eigenvalue weighted by Crippen LogP contribution is 2.31. The number of benzene rings is 1. The number of hydrogen-bond acceptors (Lipinski definition) is 6. The lowest BCUT2D eigenvalue weighted by atomic mass is 9.94. The molecule has 0 bridgehead atoms. The number of rotatable bonds is 2. The molecule has 1 aromatic rings. The van der Waals surface area contributed by atoms with E-state index in [0.29, 0.717) is 0 Å². The molecular formula is C25H34N6O. The van der Waals surface area contributed by atoms with Gasteiger partial charge in [-0.05, 0) is 63.6 Å². The lowest BCUT2D eigenvalue weighted by Gasteiger charge is -2.36. The Morgan fingerprint density at radius 2 is 1.97 bits per heavy atom. The average Bonchev–Trinajstić information content (AvgIpc) is 3.40. The summed E-state index contributed by atoms with van der Waals surface area (Å²) >= 11 is 0. The van der Waals surface area contributed by atoms with Gasteiger partial charge in [0.05, 0.1) is 11.8 Å². The summed E-state index contributed by atoms with van der Waals surface area (Å²) in [6, 6.07) is 6.28. The maximum Gasteiger partial charge on any atom is 0.254 e. The highest BCUT2D eigenvalue weighted by molar-refractivity contribution is 6.02. The van der Waals surface area contributed by atoms with Gasteiger partial charge in [-0.3, -0.25) is 4.79 Å². The molecule has 170 valence electrons. The van der Waals surface area contributed by atoms with Crippen molar-refractivity contribution in [1.29, 1.82) is 0 Å². The van der Waals surface area contributed by atoms with Crippen LogP contribution in [0.2, 0.25) is 0 Å². The van der Waals surface area contributed by atoms with Crippen LogP contribution in [0.1, 0.15) is 60.5 Å². The van der Waals surface area contributed by atoms with Crippen molar-refractivity contribution in [2.45, 2.75) is 71.1 Å². The highest BCUT2D eigenvalue weighted by Gasteiger charge is 2.39. The van der Waals surface area contributed by atoms with Gasteiger partial charge in [0.2, 0.25) is 0 Å². The Morgan fingerprint density at radius 1 is 1.12 bits per heavy atom. The van der Waals surface area contributed by atoms with Gasteiger partial charge in [0, 0.05) is 49.4 Å². The van der Waals surface area contributed by atoms with E-state index in [1.807, 2.05) is 24.1 Å². The Labute approximate surface area is 190 Å². The van der Waals surface area contributed by atoms with Crippen molar-refractivity contribution >= 4 is 17.5 Å². The van der Waals surface area contributed by atoms with Crippen LogP contribution in [0.25, 0.3) is 0 Å². The summed E-state index contributed by atoms with van der Waals surface area (Å²) in [5.74, 6) is 1.19. The number of fused-ring (bicyclic) bond motifs is 1. The van der Waals surface area contributed by atoms with Crippen LogP contribution < -0.4 is 5.73 Å². The van der Waals surface area contributed by atoms with Gasteiger partial charge in [-0.25, -0.2) is 10.0 Å². The van der Waals surface area contributed by atoms with Crippen LogP contribution in [-0.4, -0.2) is 70.1 Å². The normalized spacial score (nSPS) is 27.8. The lowest BCUT2D eigenvalue weighted by molar-refractivity contribution is 0.0678. The van der Waals surface area contributed by atoms with Crippen LogP contribution in [0.3, 0.4) is 0 Å². The molecule has 1 aromatic carbocycles. The standard InChI is InChI=1S/C25H34N6O/c1-16-7-6-8-20(18(16)3)25(32)30-11-5-4-9-22(30)21-13-23-27-24(17(2)14-31(23)28-21)29-12-10-19(26)15-29/h6-8,14,19,22-23H,4-5,9-13,15,26H2,1-3H3/t19-,22-,23?/m0/s1. The van der Waals surface area contributed by atoms with E-state index in [4.69, 9.17) is 15.8 Å². The van der Waals surface area contributed by atoms with E-state index < -0.39 is 0 Å². The molecule has 0 aliphatic carbocycles. The molecule has 1 unspecified atom stereocenters. The van der Waals surface area contributed by atoms with Crippen LogP contribution in [-0.2, 0) is 0 Å². The van der Waals surface area contributed by atoms with Crippen molar-refractivity contribution in [1.82, 2.24) is 14.8 Å². The summed E-state index contributed by atoms with van der Waals surface area (Å²) in [6.07, 6.45) is 7.03. The maximum atomic E-state index is 13.6. The fourth-order valence-corrected chi connectivity index (χ4v) is 5.43. The molecule has 32 heavy (non-hydrogen) atoms. The second kappa shape index (κ2) is 8.35. The first-order chi connectivity index (χ1) is 15.4. The largest absolute Gasteiger partial charge is 0.355 e. The minimum atomic E-state index is -0.0138. The van der Waals surface area contributed by atoms with Gasteiger partial charge in [-0.2, -0.15) is 5.10 Å². The molecule has 4 aliphatic heterocycles. The summed E-state index contributed by atoms with van der Waals surface area (Å²) < 4.78 is 0. The fraction of sp³-hybridized carbons (Fsp3) is 0.560. The van der Waals surface area contributed by atoms with E-state index in [-0.39, 0.29) is 24.2 Å². The number of nitrogens with two attached hydrogens (primary N) is 1. The maximum absolute atomic E-state index is 13.6. The average molecular weight is 435 g/mol. The Morgan fingerprint density at radius 3 is 2.75 bits per heavy atom. The number of aryl methyl sites for hydroxylation is 1. The number of carbonyl (C=O) groups is 1. The third-order valence-corrected chi connectivity index (χ3v) is 7.40. The first kappa shape index (κ1) is 21.2. The van der Waals surface area contributed by atoms with Crippen molar-refractivity contribution < 1.29 is 4.79 Å². The van der Waals surface area contributed by atoms with Gasteiger partial charge in [0.25, 0.3) is 5.91 Å². The number of hydrogen-bond donors (Lipinski definition) is 1. The monoisotopic (exact) mass is 434 g/mol. The van der Waals surface area contributed by atoms with Crippen LogP contribution >= 0.6 is 0 Å². The summed E-state index contributed by atoms with van der Waals surface area (Å²) in [4.78, 5) is 23.0. The smallest absolute Gasteiger partial charge is 0.254 e. The van der Waals surface area contributed by atoms with Crippen LogP contribution in [0.15, 0.2) is 40.1 Å². The Kier molecular flexibility index (Phi) is 5.53. The highest BCUT2D eigenvalue weighted by atomic mass is 16.2. The molecule has 4 aliphatic rings. The van der Waals surface area contributed by atoms with Crippen LogP contribution in [0.5, 0.6) is 0 Å². The number of amides is 1. The SMILES string of the molecule is CC1=CN2N=C([C@@H]3CCCCN3C(=O)c3cccc(C)c3C)CC2N=C1N1CC[C@H](N)C1. The van der Waals surface area contributed by atoms with Gasteiger partial charge >= 0.3 is 0 Å². The molecular weight excluding hydrogens is 400 g/mol. The Bertz CT molecular complexity index is 1010. The third-order valence-electron chi connectivity index (χ3n) is 7.40. The molecule has 2 N–H and O–H groups in total. The van der Waals surface area contributed by atoms with Gasteiger partial charge in [0.1, 0.15) is 12.0 Å². The summed E-state index contributed by atoms with van der Waals surface area (Å²) in [6.45, 7) is 8.83. The molecule has 2 saturated heterocycles. The quantitative estimate of drug-likeness (QED) is 0.776. The van der Waals surface area contributed by atoms with Crippen molar-refractivity contribution in [3.63, 3.8) is 0 Å². The predicted molar refractivity (Wildman–Crippen MR) is 128 cm³/mol. The number of piperidine rings is 1. The van der Waals surface area contributed by atoms with Gasteiger partial charge in [-0.1, -0.05) is 12.1 Å². The van der Waals surface area contributed by atoms with E-state index in [0.717, 1.165) is 85.5 Å². The number of aliphatic imine (C=N–C) groups is 1. The molecule has 7 nitrogen and oxygen atoms in total. The zero-order valence-corrected chi connectivity index (χ0v) is 19.4.